The van der Waals surface area contributed by atoms with E-state index in [1.807, 2.05) is 0 Å². The number of nitrogens with one attached hydrogen (secondary N) is 1. The summed E-state index contributed by atoms with van der Waals surface area (Å²) in [6.07, 6.45) is -3.00. The molecule has 0 aliphatic heterocycles. The van der Waals surface area contributed by atoms with Crippen LogP contribution in [0.25, 0.3) is 5.57 Å². The summed E-state index contributed by atoms with van der Waals surface area (Å²) in [6.45, 7) is 0. The van der Waals surface area contributed by atoms with E-state index >= 15 is 0 Å². The summed E-state index contributed by atoms with van der Waals surface area (Å²) in [4.78, 5) is 10.8. The van der Waals surface area contributed by atoms with Gasteiger partial charge in [-0.2, -0.15) is 18.3 Å². The van der Waals surface area contributed by atoms with E-state index in [1.54, 1.807) is 0 Å². The molecule has 1 aliphatic carbocycles. The molecule has 92 valence electrons. The van der Waals surface area contributed by atoms with Crippen molar-refractivity contribution in [3.8, 4) is 0 Å². The largest absolute Gasteiger partial charge is 0.415 e. The average molecular weight is 252 g/mol. The van der Waals surface area contributed by atoms with E-state index < -0.39 is 17.3 Å². The standard InChI is InChI=1S/C11H8BF3N2O/c12-8-2-1-6(5-7(8)11(13,14)15)9-3-4-10(18)17-16-9/h3-5H,1-2H2,(H,17,18). The van der Waals surface area contributed by atoms with Gasteiger partial charge in [0.05, 0.1) is 5.69 Å². The van der Waals surface area contributed by atoms with Gasteiger partial charge in [0, 0.05) is 11.6 Å². The summed E-state index contributed by atoms with van der Waals surface area (Å²) < 4.78 is 38.1. The Morgan fingerprint density at radius 2 is 2.00 bits per heavy atom. The second-order valence-electron chi connectivity index (χ2n) is 3.91. The Balaban J connectivity index is 2.42. The molecule has 1 aliphatic rings. The Hall–Kier alpha value is -1.79. The van der Waals surface area contributed by atoms with Gasteiger partial charge in [0.15, 0.2) is 0 Å². The van der Waals surface area contributed by atoms with Gasteiger partial charge < -0.3 is 0 Å². The average Bonchev–Trinajstić information content (AvgIpc) is 2.29. The molecular weight excluding hydrogens is 244 g/mol. The zero-order valence-corrected chi connectivity index (χ0v) is 9.21. The number of hydrogen-bond acceptors (Lipinski definition) is 2. The molecule has 1 heterocycles. The van der Waals surface area contributed by atoms with Crippen molar-refractivity contribution in [2.24, 2.45) is 0 Å². The molecule has 0 unspecified atom stereocenters. The lowest BCUT2D eigenvalue weighted by Crippen LogP contribution is -2.16. The predicted molar refractivity (Wildman–Crippen MR) is 60.9 cm³/mol. The first-order valence-electron chi connectivity index (χ1n) is 5.20. The van der Waals surface area contributed by atoms with Gasteiger partial charge in [-0.25, -0.2) is 5.10 Å². The second-order valence-corrected chi connectivity index (χ2v) is 3.91. The van der Waals surface area contributed by atoms with Crippen molar-refractivity contribution in [3.63, 3.8) is 0 Å². The van der Waals surface area contributed by atoms with E-state index in [4.69, 9.17) is 7.85 Å². The molecule has 0 saturated carbocycles. The van der Waals surface area contributed by atoms with Crippen LogP contribution in [0.4, 0.5) is 13.2 Å². The first kappa shape index (κ1) is 12.7. The monoisotopic (exact) mass is 252 g/mol. The number of aromatic nitrogens is 2. The zero-order valence-electron chi connectivity index (χ0n) is 9.21. The predicted octanol–water partition coefficient (Wildman–Crippen LogP) is 1.93. The van der Waals surface area contributed by atoms with Crippen molar-refractivity contribution in [1.82, 2.24) is 10.2 Å². The number of allylic oxidation sites excluding steroid dienone is 4. The van der Waals surface area contributed by atoms with Crippen LogP contribution in [0.15, 0.2) is 34.0 Å². The number of halogens is 3. The number of aromatic amines is 1. The maximum Gasteiger partial charge on any atom is 0.415 e. The van der Waals surface area contributed by atoms with Crippen LogP contribution in [0.2, 0.25) is 0 Å². The fraction of sp³-hybridized carbons (Fsp3) is 0.273. The van der Waals surface area contributed by atoms with Crippen LogP contribution in [0.5, 0.6) is 0 Å². The molecule has 3 nitrogen and oxygen atoms in total. The van der Waals surface area contributed by atoms with Gasteiger partial charge in [0.2, 0.25) is 0 Å². The topological polar surface area (TPSA) is 45.8 Å². The van der Waals surface area contributed by atoms with Crippen molar-refractivity contribution >= 4 is 13.4 Å². The molecule has 7 heteroatoms. The quantitative estimate of drug-likeness (QED) is 0.776. The Labute approximate surface area is 102 Å². The molecule has 1 aromatic rings. The van der Waals surface area contributed by atoms with Gasteiger partial charge >= 0.3 is 6.18 Å². The summed E-state index contributed by atoms with van der Waals surface area (Å²) >= 11 is 0. The third kappa shape index (κ3) is 2.55. The van der Waals surface area contributed by atoms with E-state index in [-0.39, 0.29) is 11.9 Å². The SMILES string of the molecule is [B]C1=C(C(F)(F)F)C=C(c2ccc(=O)[nH]n2)CC1. The number of nitrogens with zero attached hydrogens (tertiary/aromatic N) is 1. The van der Waals surface area contributed by atoms with Gasteiger partial charge in [-0.1, -0.05) is 0 Å². The molecule has 1 N–H and O–H groups in total. The van der Waals surface area contributed by atoms with Crippen LogP contribution in [0, 0.1) is 0 Å². The van der Waals surface area contributed by atoms with Crippen molar-refractivity contribution < 1.29 is 13.2 Å². The number of H-pyrrole nitrogens is 1. The van der Waals surface area contributed by atoms with E-state index in [0.717, 1.165) is 6.08 Å². The maximum absolute atomic E-state index is 12.7. The number of rotatable bonds is 1. The van der Waals surface area contributed by atoms with Crippen molar-refractivity contribution in [2.45, 2.75) is 19.0 Å². The minimum Gasteiger partial charge on any atom is -0.268 e. The van der Waals surface area contributed by atoms with E-state index in [1.165, 1.54) is 12.1 Å². The lowest BCUT2D eigenvalue weighted by atomic mass is 9.80. The Kier molecular flexibility index (Phi) is 3.15. The molecule has 0 amide bonds. The summed E-state index contributed by atoms with van der Waals surface area (Å²) in [5, 5.41) is 5.89. The van der Waals surface area contributed by atoms with E-state index in [9.17, 15) is 18.0 Å². The highest BCUT2D eigenvalue weighted by Gasteiger charge is 2.35. The highest BCUT2D eigenvalue weighted by atomic mass is 19.4. The van der Waals surface area contributed by atoms with Crippen LogP contribution in [0.1, 0.15) is 18.5 Å². The van der Waals surface area contributed by atoms with Gasteiger partial charge in [0.1, 0.15) is 7.85 Å². The molecule has 2 radical (unpaired) electrons. The molecule has 18 heavy (non-hydrogen) atoms. The first-order chi connectivity index (χ1) is 8.38. The molecule has 1 aromatic heterocycles. The van der Waals surface area contributed by atoms with Crippen LogP contribution >= 0.6 is 0 Å². The fourth-order valence-electron chi connectivity index (χ4n) is 1.73. The van der Waals surface area contributed by atoms with E-state index in [0.29, 0.717) is 17.7 Å². The van der Waals surface area contributed by atoms with Crippen LogP contribution in [-0.4, -0.2) is 24.2 Å². The number of alkyl halides is 3. The zero-order chi connectivity index (χ0) is 13.3. The Bertz CT molecular complexity index is 566. The first-order valence-corrected chi connectivity index (χ1v) is 5.20. The van der Waals surface area contributed by atoms with Crippen LogP contribution in [-0.2, 0) is 0 Å². The molecule has 0 bridgehead atoms. The Morgan fingerprint density at radius 1 is 1.28 bits per heavy atom. The van der Waals surface area contributed by atoms with Gasteiger partial charge in [-0.15, -0.1) is 5.47 Å². The van der Waals surface area contributed by atoms with Gasteiger partial charge in [-0.3, -0.25) is 4.79 Å². The smallest absolute Gasteiger partial charge is 0.268 e. The maximum atomic E-state index is 12.7. The molecule has 0 atom stereocenters. The molecule has 0 spiro atoms. The lowest BCUT2D eigenvalue weighted by Gasteiger charge is -2.19. The summed E-state index contributed by atoms with van der Waals surface area (Å²) in [5.41, 5.74) is -0.676. The molecule has 0 fully saturated rings. The lowest BCUT2D eigenvalue weighted by molar-refractivity contribution is -0.0888. The summed E-state index contributed by atoms with van der Waals surface area (Å²) in [6, 6.07) is 2.61. The van der Waals surface area contributed by atoms with E-state index in [2.05, 4.69) is 10.2 Å². The van der Waals surface area contributed by atoms with Crippen molar-refractivity contribution in [3.05, 3.63) is 45.3 Å². The third-order valence-corrected chi connectivity index (χ3v) is 2.64. The highest BCUT2D eigenvalue weighted by molar-refractivity contribution is 6.22. The number of hydrogen-bond donors (Lipinski definition) is 1. The highest BCUT2D eigenvalue weighted by Crippen LogP contribution is 2.36. The van der Waals surface area contributed by atoms with Crippen LogP contribution in [0.3, 0.4) is 0 Å². The van der Waals surface area contributed by atoms with Crippen molar-refractivity contribution in [1.29, 1.82) is 0 Å². The fourth-order valence-corrected chi connectivity index (χ4v) is 1.73. The van der Waals surface area contributed by atoms with Gasteiger partial charge in [0.25, 0.3) is 5.56 Å². The normalized spacial score (nSPS) is 16.7. The second kappa shape index (κ2) is 4.47. The molecule has 2 rings (SSSR count). The Morgan fingerprint density at radius 3 is 2.56 bits per heavy atom. The minimum atomic E-state index is -4.47. The summed E-state index contributed by atoms with van der Waals surface area (Å²) in [5.74, 6) is 0. The van der Waals surface area contributed by atoms with Gasteiger partial charge in [-0.05, 0) is 30.6 Å². The van der Waals surface area contributed by atoms with Crippen molar-refractivity contribution in [2.75, 3.05) is 0 Å². The minimum absolute atomic E-state index is 0.126. The van der Waals surface area contributed by atoms with Crippen LogP contribution < -0.4 is 5.56 Å². The third-order valence-electron chi connectivity index (χ3n) is 2.64. The summed E-state index contributed by atoms with van der Waals surface area (Å²) in [7, 11) is 5.37. The molecular formula is C11H8BF3N2O. The molecule has 0 saturated heterocycles. The molecule has 0 aromatic carbocycles.